The van der Waals surface area contributed by atoms with Crippen molar-refractivity contribution in [3.05, 3.63) is 107 Å². The van der Waals surface area contributed by atoms with Crippen molar-refractivity contribution in [1.82, 2.24) is 4.90 Å². The zero-order valence-electron chi connectivity index (χ0n) is 17.7. The molecule has 0 radical (unpaired) electrons. The molecule has 4 rings (SSSR count). The number of carbonyl (C=O) groups excluding carboxylic acids is 2. The molecule has 0 atom stereocenters. The molecular weight excluding hydrogens is 410 g/mol. The van der Waals surface area contributed by atoms with Crippen molar-refractivity contribution in [3.8, 4) is 0 Å². The summed E-state index contributed by atoms with van der Waals surface area (Å²) >= 11 is 0. The van der Waals surface area contributed by atoms with E-state index >= 15 is 0 Å². The molecule has 1 aliphatic rings. The van der Waals surface area contributed by atoms with E-state index in [1.165, 1.54) is 36.4 Å². The van der Waals surface area contributed by atoms with Gasteiger partial charge in [0.05, 0.1) is 12.1 Å². The maximum absolute atomic E-state index is 14.2. The molecule has 6 heteroatoms. The molecule has 1 heterocycles. The van der Waals surface area contributed by atoms with Gasteiger partial charge in [-0.3, -0.25) is 14.5 Å². The highest BCUT2D eigenvalue weighted by Crippen LogP contribution is 2.32. The quantitative estimate of drug-likeness (QED) is 0.525. The van der Waals surface area contributed by atoms with Crippen LogP contribution in [-0.4, -0.2) is 16.7 Å². The molecule has 0 aromatic heterocycles. The van der Waals surface area contributed by atoms with E-state index < -0.39 is 23.4 Å². The second-order valence-corrected chi connectivity index (χ2v) is 7.95. The van der Waals surface area contributed by atoms with Crippen LogP contribution in [0, 0.1) is 11.6 Å². The third-order valence-electron chi connectivity index (χ3n) is 5.43. The van der Waals surface area contributed by atoms with Crippen LogP contribution in [-0.2, 0) is 16.1 Å². The van der Waals surface area contributed by atoms with Crippen molar-refractivity contribution in [2.45, 2.75) is 26.3 Å². The summed E-state index contributed by atoms with van der Waals surface area (Å²) in [5.41, 5.74) is 2.61. The summed E-state index contributed by atoms with van der Waals surface area (Å²) in [6, 6.07) is 18.9. The maximum Gasteiger partial charge on any atom is 0.278 e. The lowest BCUT2D eigenvalue weighted by atomic mass is 10.0. The van der Waals surface area contributed by atoms with Crippen LogP contribution in [0.3, 0.4) is 0 Å². The number of imide groups is 1. The molecule has 0 unspecified atom stereocenters. The van der Waals surface area contributed by atoms with Crippen molar-refractivity contribution in [3.63, 3.8) is 0 Å². The minimum atomic E-state index is -0.564. The molecule has 3 aromatic carbocycles. The van der Waals surface area contributed by atoms with Gasteiger partial charge < -0.3 is 5.32 Å². The van der Waals surface area contributed by atoms with E-state index in [-0.39, 0.29) is 23.4 Å². The van der Waals surface area contributed by atoms with Crippen molar-refractivity contribution < 1.29 is 18.4 Å². The molecule has 0 saturated heterocycles. The van der Waals surface area contributed by atoms with Crippen LogP contribution in [0.2, 0.25) is 0 Å². The number of amides is 2. The summed E-state index contributed by atoms with van der Waals surface area (Å²) in [6.07, 6.45) is 0. The van der Waals surface area contributed by atoms with Gasteiger partial charge in [-0.25, -0.2) is 8.78 Å². The largest absolute Gasteiger partial charge is 0.350 e. The van der Waals surface area contributed by atoms with Crippen molar-refractivity contribution >= 4 is 23.1 Å². The van der Waals surface area contributed by atoms with Crippen LogP contribution < -0.4 is 5.32 Å². The van der Waals surface area contributed by atoms with Gasteiger partial charge in [0.2, 0.25) is 0 Å². The Morgan fingerprint density at radius 3 is 2.12 bits per heavy atom. The van der Waals surface area contributed by atoms with E-state index in [1.807, 2.05) is 24.3 Å². The molecule has 4 nitrogen and oxygen atoms in total. The zero-order valence-corrected chi connectivity index (χ0v) is 17.7. The average Bonchev–Trinajstić information content (AvgIpc) is 3.00. The number of carbonyl (C=O) groups is 2. The molecule has 2 amide bonds. The smallest absolute Gasteiger partial charge is 0.278 e. The summed E-state index contributed by atoms with van der Waals surface area (Å²) in [4.78, 5) is 27.5. The van der Waals surface area contributed by atoms with E-state index in [1.54, 1.807) is 12.1 Å². The number of benzene rings is 3. The molecule has 0 fully saturated rings. The molecule has 3 aromatic rings. The van der Waals surface area contributed by atoms with Gasteiger partial charge in [-0.1, -0.05) is 56.3 Å². The first-order chi connectivity index (χ1) is 15.3. The zero-order chi connectivity index (χ0) is 22.8. The number of hydrogen-bond donors (Lipinski definition) is 1. The van der Waals surface area contributed by atoms with Gasteiger partial charge in [0.15, 0.2) is 0 Å². The lowest BCUT2D eigenvalue weighted by molar-refractivity contribution is -0.137. The van der Waals surface area contributed by atoms with Gasteiger partial charge >= 0.3 is 0 Å². The molecule has 0 spiro atoms. The second-order valence-electron chi connectivity index (χ2n) is 7.95. The normalized spacial score (nSPS) is 14.0. The number of nitrogens with one attached hydrogen (secondary N) is 1. The van der Waals surface area contributed by atoms with Gasteiger partial charge in [-0.15, -0.1) is 0 Å². The van der Waals surface area contributed by atoms with Crippen LogP contribution in [0.15, 0.2) is 78.5 Å². The predicted molar refractivity (Wildman–Crippen MR) is 119 cm³/mol. The summed E-state index contributed by atoms with van der Waals surface area (Å²) in [5, 5.41) is 3.06. The van der Waals surface area contributed by atoms with Crippen LogP contribution >= 0.6 is 0 Å². The molecule has 0 aliphatic carbocycles. The van der Waals surface area contributed by atoms with Crippen molar-refractivity contribution in [1.29, 1.82) is 0 Å². The minimum Gasteiger partial charge on any atom is -0.350 e. The van der Waals surface area contributed by atoms with Crippen LogP contribution in [0.1, 0.15) is 36.5 Å². The second kappa shape index (κ2) is 8.75. The Morgan fingerprint density at radius 2 is 1.50 bits per heavy atom. The van der Waals surface area contributed by atoms with Crippen LogP contribution in [0.5, 0.6) is 0 Å². The summed E-state index contributed by atoms with van der Waals surface area (Å²) in [5.74, 6) is -1.73. The topological polar surface area (TPSA) is 49.4 Å². The number of rotatable bonds is 6. The summed E-state index contributed by atoms with van der Waals surface area (Å²) in [7, 11) is 0. The van der Waals surface area contributed by atoms with Gasteiger partial charge in [0.1, 0.15) is 17.3 Å². The Bertz CT molecular complexity index is 1200. The Morgan fingerprint density at radius 1 is 0.844 bits per heavy atom. The fraction of sp³-hybridized carbons (Fsp3) is 0.154. The van der Waals surface area contributed by atoms with Gasteiger partial charge in [-0.2, -0.15) is 0 Å². The van der Waals surface area contributed by atoms with E-state index in [4.69, 9.17) is 0 Å². The molecule has 32 heavy (non-hydrogen) atoms. The van der Waals surface area contributed by atoms with Crippen molar-refractivity contribution in [2.75, 3.05) is 5.32 Å². The third-order valence-corrected chi connectivity index (χ3v) is 5.43. The van der Waals surface area contributed by atoms with E-state index in [0.717, 1.165) is 10.5 Å². The highest BCUT2D eigenvalue weighted by atomic mass is 19.1. The van der Waals surface area contributed by atoms with Gasteiger partial charge in [0, 0.05) is 11.3 Å². The third kappa shape index (κ3) is 4.17. The number of hydrogen-bond acceptors (Lipinski definition) is 3. The number of anilines is 1. The van der Waals surface area contributed by atoms with E-state index in [0.29, 0.717) is 17.2 Å². The Hall–Kier alpha value is -3.80. The summed E-state index contributed by atoms with van der Waals surface area (Å²) < 4.78 is 27.7. The number of nitrogens with zero attached hydrogens (tertiary/aromatic N) is 1. The first-order valence-electron chi connectivity index (χ1n) is 10.3. The van der Waals surface area contributed by atoms with Gasteiger partial charge in [0.25, 0.3) is 11.8 Å². The summed E-state index contributed by atoms with van der Waals surface area (Å²) in [6.45, 7) is 3.96. The first kappa shape index (κ1) is 21.4. The average molecular weight is 432 g/mol. The standard InChI is InChI=1S/C26H22F2N2O2/c1-16(2)17-9-13-21(14-10-17)29-24-23(18-7-11-20(27)12-8-18)25(31)30(26(24)32)15-19-5-3-4-6-22(19)28/h3-14,16,29H,15H2,1-2H3. The van der Waals surface area contributed by atoms with Crippen LogP contribution in [0.25, 0.3) is 5.57 Å². The maximum atomic E-state index is 14.2. The first-order valence-corrected chi connectivity index (χ1v) is 10.3. The Balaban J connectivity index is 1.72. The fourth-order valence-corrected chi connectivity index (χ4v) is 3.61. The highest BCUT2D eigenvalue weighted by molar-refractivity contribution is 6.36. The molecule has 1 N–H and O–H groups in total. The predicted octanol–water partition coefficient (Wildman–Crippen LogP) is 5.48. The molecular formula is C26H22F2N2O2. The lowest BCUT2D eigenvalue weighted by Crippen LogP contribution is -2.32. The SMILES string of the molecule is CC(C)c1ccc(NC2=C(c3ccc(F)cc3)C(=O)N(Cc3ccccc3F)C2=O)cc1. The number of halogens is 2. The minimum absolute atomic E-state index is 0.0789. The van der Waals surface area contributed by atoms with Crippen LogP contribution in [0.4, 0.5) is 14.5 Å². The monoisotopic (exact) mass is 432 g/mol. The van der Waals surface area contributed by atoms with E-state index in [2.05, 4.69) is 19.2 Å². The molecule has 0 saturated carbocycles. The lowest BCUT2D eigenvalue weighted by Gasteiger charge is -2.16. The van der Waals surface area contributed by atoms with E-state index in [9.17, 15) is 18.4 Å². The molecule has 0 bridgehead atoms. The van der Waals surface area contributed by atoms with Gasteiger partial charge in [-0.05, 0) is 47.4 Å². The molecule has 1 aliphatic heterocycles. The van der Waals surface area contributed by atoms with Crippen molar-refractivity contribution in [2.24, 2.45) is 0 Å². The Kier molecular flexibility index (Phi) is 5.86. The molecule has 162 valence electrons. The fourth-order valence-electron chi connectivity index (χ4n) is 3.61. The highest BCUT2D eigenvalue weighted by Gasteiger charge is 2.39. The Labute approximate surface area is 185 Å².